The summed E-state index contributed by atoms with van der Waals surface area (Å²) in [4.78, 5) is 29.4. The summed E-state index contributed by atoms with van der Waals surface area (Å²) in [6, 6.07) is 4.91. The molecule has 5 nitrogen and oxygen atoms in total. The fourth-order valence-corrected chi connectivity index (χ4v) is 2.73. The number of benzene rings is 1. The topological polar surface area (TPSA) is 65.0 Å². The average molecular weight is 355 g/mol. The van der Waals surface area contributed by atoms with Gasteiger partial charge < -0.3 is 9.47 Å². The lowest BCUT2D eigenvalue weighted by Crippen LogP contribution is -2.21. The van der Waals surface area contributed by atoms with E-state index in [0.717, 1.165) is 0 Å². The van der Waals surface area contributed by atoms with Crippen LogP contribution in [0.25, 0.3) is 0 Å². The van der Waals surface area contributed by atoms with E-state index in [1.165, 1.54) is 14.2 Å². The number of methoxy groups -OCH3 is 2. The molecule has 0 saturated carbocycles. The smallest absolute Gasteiger partial charge is 0.277 e. The maximum absolute atomic E-state index is 12.6. The van der Waals surface area contributed by atoms with Crippen molar-refractivity contribution in [2.45, 2.75) is 27.7 Å². The number of allylic oxidation sites excluding steroid dienone is 4. The van der Waals surface area contributed by atoms with E-state index in [9.17, 15) is 9.59 Å². The molecule has 0 unspecified atom stereocenters. The van der Waals surface area contributed by atoms with Crippen molar-refractivity contribution < 1.29 is 19.1 Å². The van der Waals surface area contributed by atoms with E-state index in [4.69, 9.17) is 9.47 Å². The number of hydrogen-bond acceptors (Lipinski definition) is 4. The van der Waals surface area contributed by atoms with Crippen LogP contribution in [0.15, 0.2) is 46.5 Å². The zero-order valence-corrected chi connectivity index (χ0v) is 16.1. The number of ether oxygens (including phenoxy) is 2. The Hall–Kier alpha value is -2.69. The molecule has 0 bridgehead atoms. The zero-order chi connectivity index (χ0) is 19.4. The molecule has 0 fully saturated rings. The number of ketones is 1. The van der Waals surface area contributed by atoms with Crippen molar-refractivity contribution >= 4 is 17.4 Å². The van der Waals surface area contributed by atoms with Crippen LogP contribution in [0.1, 0.15) is 38.1 Å². The van der Waals surface area contributed by atoms with Crippen LogP contribution in [-0.2, 0) is 4.79 Å². The molecule has 5 heteroatoms. The highest BCUT2D eigenvalue weighted by Crippen LogP contribution is 2.28. The van der Waals surface area contributed by atoms with E-state index in [0.29, 0.717) is 33.9 Å². The van der Waals surface area contributed by atoms with Crippen molar-refractivity contribution in [2.75, 3.05) is 14.2 Å². The second-order valence-corrected chi connectivity index (χ2v) is 6.75. The van der Waals surface area contributed by atoms with Crippen molar-refractivity contribution in [2.24, 2.45) is 16.8 Å². The summed E-state index contributed by atoms with van der Waals surface area (Å²) in [6.07, 6.45) is 3.41. The summed E-state index contributed by atoms with van der Waals surface area (Å²) in [7, 11) is 3.05. The van der Waals surface area contributed by atoms with Gasteiger partial charge in [-0.25, -0.2) is 4.99 Å². The minimum absolute atomic E-state index is 0.0347. The quantitative estimate of drug-likeness (QED) is 0.748. The fraction of sp³-hybridized carbons (Fsp3) is 0.381. The van der Waals surface area contributed by atoms with Gasteiger partial charge in [0.1, 0.15) is 0 Å². The molecule has 1 aromatic rings. The standard InChI is InChI=1S/C21H25NO4/c1-12(2)16-10-15(11-17(13(3)4)20(16)23)22-21(24)14-7-8-18(25-5)19(9-14)26-6/h7-13H,1-6H3. The first kappa shape index (κ1) is 19.6. The predicted molar refractivity (Wildman–Crippen MR) is 102 cm³/mol. The molecular formula is C21H25NO4. The van der Waals surface area contributed by atoms with Crippen molar-refractivity contribution in [3.8, 4) is 11.5 Å². The molecule has 0 spiro atoms. The fourth-order valence-electron chi connectivity index (χ4n) is 2.73. The predicted octanol–water partition coefficient (Wildman–Crippen LogP) is 4.03. The monoisotopic (exact) mass is 355 g/mol. The molecule has 2 rings (SSSR count). The van der Waals surface area contributed by atoms with E-state index in [2.05, 4.69) is 4.99 Å². The molecule has 26 heavy (non-hydrogen) atoms. The average Bonchev–Trinajstić information content (AvgIpc) is 2.61. The normalized spacial score (nSPS) is 14.3. The molecular weight excluding hydrogens is 330 g/mol. The maximum atomic E-state index is 12.6. The van der Waals surface area contributed by atoms with Gasteiger partial charge in [0, 0.05) is 16.7 Å². The lowest BCUT2D eigenvalue weighted by Gasteiger charge is -2.19. The number of nitrogens with zero attached hydrogens (tertiary/aromatic N) is 1. The molecule has 0 aliphatic heterocycles. The summed E-state index contributed by atoms with van der Waals surface area (Å²) in [5, 5.41) is 0. The molecule has 0 aromatic heterocycles. The van der Waals surface area contributed by atoms with Gasteiger partial charge in [-0.3, -0.25) is 9.59 Å². The largest absolute Gasteiger partial charge is 0.493 e. The highest BCUT2D eigenvalue weighted by Gasteiger charge is 2.25. The highest BCUT2D eigenvalue weighted by molar-refractivity contribution is 6.24. The van der Waals surface area contributed by atoms with Gasteiger partial charge in [-0.1, -0.05) is 27.7 Å². The number of carbonyl (C=O) groups is 2. The Bertz CT molecular complexity index is 783. The number of hydrogen-bond donors (Lipinski definition) is 0. The first-order valence-corrected chi connectivity index (χ1v) is 8.61. The lowest BCUT2D eigenvalue weighted by atomic mass is 9.84. The van der Waals surface area contributed by atoms with Gasteiger partial charge >= 0.3 is 0 Å². The zero-order valence-electron chi connectivity index (χ0n) is 16.1. The summed E-state index contributed by atoms with van der Waals surface area (Å²) in [6.45, 7) is 7.84. The van der Waals surface area contributed by atoms with Crippen molar-refractivity contribution in [1.82, 2.24) is 0 Å². The second kappa shape index (κ2) is 8.13. The minimum atomic E-state index is -0.394. The summed E-state index contributed by atoms with van der Waals surface area (Å²) < 4.78 is 10.4. The summed E-state index contributed by atoms with van der Waals surface area (Å²) >= 11 is 0. The number of Topliss-reactive ketones (excluding diaryl/α,β-unsaturated/α-hetero) is 1. The van der Waals surface area contributed by atoms with Gasteiger partial charge in [0.2, 0.25) is 0 Å². The van der Waals surface area contributed by atoms with Gasteiger partial charge in [0.05, 0.1) is 19.9 Å². The van der Waals surface area contributed by atoms with Gasteiger partial charge in [0.15, 0.2) is 17.3 Å². The van der Waals surface area contributed by atoms with Crippen LogP contribution < -0.4 is 9.47 Å². The molecule has 1 aliphatic carbocycles. The van der Waals surface area contributed by atoms with E-state index in [1.807, 2.05) is 27.7 Å². The van der Waals surface area contributed by atoms with Gasteiger partial charge in [-0.2, -0.15) is 0 Å². The molecule has 0 radical (unpaired) electrons. The minimum Gasteiger partial charge on any atom is -0.493 e. The molecule has 0 N–H and O–H groups in total. The Labute approximate surface area is 154 Å². The van der Waals surface area contributed by atoms with Crippen LogP contribution >= 0.6 is 0 Å². The molecule has 1 amide bonds. The first-order valence-electron chi connectivity index (χ1n) is 8.61. The van der Waals surface area contributed by atoms with Crippen LogP contribution in [0.5, 0.6) is 11.5 Å². The third kappa shape index (κ3) is 4.10. The number of rotatable bonds is 5. The van der Waals surface area contributed by atoms with Crippen LogP contribution in [0.4, 0.5) is 0 Å². The van der Waals surface area contributed by atoms with E-state index in [-0.39, 0.29) is 17.6 Å². The third-order valence-electron chi connectivity index (χ3n) is 4.24. The van der Waals surface area contributed by atoms with Gasteiger partial charge in [-0.05, 0) is 42.2 Å². The Morgan fingerprint density at radius 2 is 1.46 bits per heavy atom. The second-order valence-electron chi connectivity index (χ2n) is 6.75. The van der Waals surface area contributed by atoms with Gasteiger partial charge in [-0.15, -0.1) is 0 Å². The molecule has 0 heterocycles. The van der Waals surface area contributed by atoms with Crippen molar-refractivity contribution in [1.29, 1.82) is 0 Å². The first-order chi connectivity index (χ1) is 12.3. The molecule has 138 valence electrons. The van der Waals surface area contributed by atoms with Crippen molar-refractivity contribution in [3.63, 3.8) is 0 Å². The van der Waals surface area contributed by atoms with Crippen LogP contribution in [0, 0.1) is 11.8 Å². The Kier molecular flexibility index (Phi) is 6.14. The lowest BCUT2D eigenvalue weighted by molar-refractivity contribution is -0.113. The molecule has 0 atom stereocenters. The maximum Gasteiger partial charge on any atom is 0.277 e. The number of aliphatic imine (C=N–C) groups is 1. The number of carbonyl (C=O) groups excluding carboxylic acids is 2. The Morgan fingerprint density at radius 1 is 0.923 bits per heavy atom. The highest BCUT2D eigenvalue weighted by atomic mass is 16.5. The van der Waals surface area contributed by atoms with Crippen LogP contribution in [0.3, 0.4) is 0 Å². The Morgan fingerprint density at radius 3 is 1.92 bits per heavy atom. The Balaban J connectivity index is 2.43. The van der Waals surface area contributed by atoms with E-state index < -0.39 is 5.91 Å². The third-order valence-corrected chi connectivity index (χ3v) is 4.24. The van der Waals surface area contributed by atoms with E-state index in [1.54, 1.807) is 30.4 Å². The SMILES string of the molecule is COc1ccc(C(=O)N=C2C=C(C(C)C)C(=O)C(C(C)C)=C2)cc1OC. The van der Waals surface area contributed by atoms with Crippen LogP contribution in [-0.4, -0.2) is 31.6 Å². The summed E-state index contributed by atoms with van der Waals surface area (Å²) in [5.41, 5.74) is 2.24. The van der Waals surface area contributed by atoms with Crippen LogP contribution in [0.2, 0.25) is 0 Å². The molecule has 1 aromatic carbocycles. The molecule has 1 aliphatic rings. The number of amides is 1. The molecule has 0 saturated heterocycles. The van der Waals surface area contributed by atoms with Gasteiger partial charge in [0.25, 0.3) is 5.91 Å². The van der Waals surface area contributed by atoms with Crippen molar-refractivity contribution in [3.05, 3.63) is 47.1 Å². The summed E-state index contributed by atoms with van der Waals surface area (Å²) in [5.74, 6) is 0.775. The van der Waals surface area contributed by atoms with E-state index >= 15 is 0 Å².